The fourth-order valence-corrected chi connectivity index (χ4v) is 3.00. The zero-order valence-corrected chi connectivity index (χ0v) is 17.4. The van der Waals surface area contributed by atoms with Gasteiger partial charge in [-0.1, -0.05) is 37.3 Å². The van der Waals surface area contributed by atoms with E-state index in [9.17, 15) is 10.1 Å². The average Bonchev–Trinajstić information content (AvgIpc) is 3.10. The standard InChI is InChI=1S/C20H21N5O4S/c1-3-7-18-22-23-20(30)24(18)21-12-15-10-16(25(26)27)19(17(11-15)28-2)29-13-14-8-5-4-6-9-14/h4-6,8-12H,3,7,13H2,1-2H3,(H,23,30)/b21-12-. The average molecular weight is 427 g/mol. The molecule has 1 N–H and O–H groups in total. The molecule has 0 saturated heterocycles. The molecule has 1 aromatic heterocycles. The number of aromatic nitrogens is 3. The lowest BCUT2D eigenvalue weighted by molar-refractivity contribution is -0.386. The van der Waals surface area contributed by atoms with E-state index in [1.807, 2.05) is 37.3 Å². The van der Waals surface area contributed by atoms with Gasteiger partial charge in [0.1, 0.15) is 6.61 Å². The van der Waals surface area contributed by atoms with Crippen molar-refractivity contribution < 1.29 is 14.4 Å². The van der Waals surface area contributed by atoms with Gasteiger partial charge in [-0.25, -0.2) is 0 Å². The number of nitrogens with one attached hydrogen (secondary N) is 1. The first kappa shape index (κ1) is 21.2. The number of methoxy groups -OCH3 is 1. The number of ether oxygens (including phenoxy) is 2. The van der Waals surface area contributed by atoms with Crippen molar-refractivity contribution in [2.45, 2.75) is 26.4 Å². The molecule has 0 saturated carbocycles. The summed E-state index contributed by atoms with van der Waals surface area (Å²) < 4.78 is 12.9. The summed E-state index contributed by atoms with van der Waals surface area (Å²) in [6.07, 6.45) is 3.04. The Hall–Kier alpha value is -3.53. The Morgan fingerprint density at radius 1 is 1.33 bits per heavy atom. The van der Waals surface area contributed by atoms with Crippen molar-refractivity contribution in [3.63, 3.8) is 0 Å². The molecule has 0 radical (unpaired) electrons. The van der Waals surface area contributed by atoms with Gasteiger partial charge in [-0.15, -0.1) is 0 Å². The van der Waals surface area contributed by atoms with Crippen LogP contribution in [0, 0.1) is 14.9 Å². The Balaban J connectivity index is 1.94. The van der Waals surface area contributed by atoms with Crippen molar-refractivity contribution in [1.29, 1.82) is 0 Å². The summed E-state index contributed by atoms with van der Waals surface area (Å²) in [5.74, 6) is 0.990. The summed E-state index contributed by atoms with van der Waals surface area (Å²) in [4.78, 5) is 11.2. The minimum Gasteiger partial charge on any atom is -0.493 e. The van der Waals surface area contributed by atoms with Gasteiger partial charge >= 0.3 is 5.69 Å². The maximum Gasteiger partial charge on any atom is 0.315 e. The van der Waals surface area contributed by atoms with Gasteiger partial charge in [0.05, 0.1) is 18.2 Å². The van der Waals surface area contributed by atoms with E-state index >= 15 is 0 Å². The van der Waals surface area contributed by atoms with Gasteiger partial charge < -0.3 is 9.47 Å². The first-order valence-corrected chi connectivity index (χ1v) is 9.68. The summed E-state index contributed by atoms with van der Waals surface area (Å²) in [7, 11) is 1.43. The number of aryl methyl sites for hydroxylation is 1. The first-order valence-electron chi connectivity index (χ1n) is 9.27. The summed E-state index contributed by atoms with van der Waals surface area (Å²) >= 11 is 5.20. The highest BCUT2D eigenvalue weighted by Gasteiger charge is 2.22. The molecule has 10 heteroatoms. The Kier molecular flexibility index (Phi) is 6.91. The second-order valence-corrected chi connectivity index (χ2v) is 6.74. The predicted molar refractivity (Wildman–Crippen MR) is 115 cm³/mol. The molecule has 2 aromatic carbocycles. The molecule has 30 heavy (non-hydrogen) atoms. The molecule has 0 unspecified atom stereocenters. The smallest absolute Gasteiger partial charge is 0.315 e. The molecule has 0 amide bonds. The van der Waals surface area contributed by atoms with Crippen LogP contribution in [-0.4, -0.2) is 33.1 Å². The molecular weight excluding hydrogens is 406 g/mol. The number of benzene rings is 2. The number of hydrogen-bond acceptors (Lipinski definition) is 7. The number of rotatable bonds is 9. The Labute approximate surface area is 178 Å². The van der Waals surface area contributed by atoms with Gasteiger partial charge in [0.25, 0.3) is 0 Å². The van der Waals surface area contributed by atoms with Crippen LogP contribution in [0.25, 0.3) is 0 Å². The van der Waals surface area contributed by atoms with E-state index in [4.69, 9.17) is 21.7 Å². The van der Waals surface area contributed by atoms with Crippen LogP contribution in [0.2, 0.25) is 0 Å². The van der Waals surface area contributed by atoms with E-state index in [2.05, 4.69) is 15.3 Å². The Bertz CT molecular complexity index is 1110. The van der Waals surface area contributed by atoms with E-state index in [1.165, 1.54) is 24.1 Å². The fourth-order valence-electron chi connectivity index (χ4n) is 2.80. The van der Waals surface area contributed by atoms with Gasteiger partial charge in [-0.2, -0.15) is 14.9 Å². The molecule has 0 aliphatic heterocycles. The second kappa shape index (κ2) is 9.79. The fraction of sp³-hybridized carbons (Fsp3) is 0.250. The highest BCUT2D eigenvalue weighted by molar-refractivity contribution is 7.71. The normalized spacial score (nSPS) is 11.0. The van der Waals surface area contributed by atoms with Gasteiger partial charge in [-0.3, -0.25) is 15.2 Å². The quantitative estimate of drug-likeness (QED) is 0.236. The maximum atomic E-state index is 11.7. The molecule has 1 heterocycles. The highest BCUT2D eigenvalue weighted by Crippen LogP contribution is 2.38. The third-order valence-corrected chi connectivity index (χ3v) is 4.48. The lowest BCUT2D eigenvalue weighted by Crippen LogP contribution is -2.03. The predicted octanol–water partition coefficient (Wildman–Crippen LogP) is 4.27. The maximum absolute atomic E-state index is 11.7. The number of nitro benzene ring substituents is 1. The molecule has 3 aromatic rings. The summed E-state index contributed by atoms with van der Waals surface area (Å²) in [6.45, 7) is 2.20. The van der Waals surface area contributed by atoms with Crippen LogP contribution in [0.1, 0.15) is 30.3 Å². The number of aromatic amines is 1. The Morgan fingerprint density at radius 3 is 2.77 bits per heavy atom. The molecule has 3 rings (SSSR count). The van der Waals surface area contributed by atoms with E-state index in [-0.39, 0.29) is 23.8 Å². The molecule has 9 nitrogen and oxygen atoms in total. The van der Waals surface area contributed by atoms with Crippen LogP contribution in [0.5, 0.6) is 11.5 Å². The SMILES string of the molecule is CCCc1n[nH]c(=S)n1/N=C\c1cc(OC)c(OCc2ccccc2)c([N+](=O)[O-])c1. The van der Waals surface area contributed by atoms with E-state index in [1.54, 1.807) is 6.07 Å². The minimum atomic E-state index is -0.508. The van der Waals surface area contributed by atoms with Gasteiger partial charge in [-0.05, 0) is 30.3 Å². The molecule has 0 atom stereocenters. The lowest BCUT2D eigenvalue weighted by Gasteiger charge is -2.12. The van der Waals surface area contributed by atoms with E-state index < -0.39 is 4.92 Å². The lowest BCUT2D eigenvalue weighted by atomic mass is 10.1. The van der Waals surface area contributed by atoms with Crippen molar-refractivity contribution in [3.05, 3.63) is 74.3 Å². The molecule has 0 bridgehead atoms. The topological polar surface area (TPSA) is 108 Å². The van der Waals surface area contributed by atoms with Crippen LogP contribution in [0.3, 0.4) is 0 Å². The van der Waals surface area contributed by atoms with Crippen LogP contribution in [0.4, 0.5) is 5.69 Å². The number of nitro groups is 1. The molecule has 0 spiro atoms. The largest absolute Gasteiger partial charge is 0.493 e. The zero-order chi connectivity index (χ0) is 21.5. The number of hydrogen-bond donors (Lipinski definition) is 1. The summed E-state index contributed by atoms with van der Waals surface area (Å²) in [6, 6.07) is 12.4. The van der Waals surface area contributed by atoms with E-state index in [0.29, 0.717) is 22.6 Å². The summed E-state index contributed by atoms with van der Waals surface area (Å²) in [5, 5.41) is 22.8. The van der Waals surface area contributed by atoms with Crippen molar-refractivity contribution >= 4 is 24.1 Å². The zero-order valence-electron chi connectivity index (χ0n) is 16.6. The number of H-pyrrole nitrogens is 1. The van der Waals surface area contributed by atoms with Crippen molar-refractivity contribution in [2.75, 3.05) is 7.11 Å². The molecule has 0 aliphatic rings. The molecule has 0 fully saturated rings. The third-order valence-electron chi connectivity index (χ3n) is 4.21. The van der Waals surface area contributed by atoms with E-state index in [0.717, 1.165) is 12.0 Å². The molecule has 156 valence electrons. The van der Waals surface area contributed by atoms with Crippen molar-refractivity contribution in [3.8, 4) is 11.5 Å². The van der Waals surface area contributed by atoms with Crippen LogP contribution < -0.4 is 9.47 Å². The Morgan fingerprint density at radius 2 is 2.10 bits per heavy atom. The minimum absolute atomic E-state index is 0.0649. The number of nitrogens with zero attached hydrogens (tertiary/aromatic N) is 4. The summed E-state index contributed by atoms with van der Waals surface area (Å²) in [5.41, 5.74) is 1.14. The first-order chi connectivity index (χ1) is 14.5. The monoisotopic (exact) mass is 427 g/mol. The van der Waals surface area contributed by atoms with Crippen molar-refractivity contribution in [1.82, 2.24) is 14.9 Å². The van der Waals surface area contributed by atoms with Gasteiger partial charge in [0.15, 0.2) is 11.6 Å². The van der Waals surface area contributed by atoms with Crippen LogP contribution in [-0.2, 0) is 13.0 Å². The molecular formula is C20H21N5O4S. The second-order valence-electron chi connectivity index (χ2n) is 6.35. The van der Waals surface area contributed by atoms with Crippen molar-refractivity contribution in [2.24, 2.45) is 5.10 Å². The van der Waals surface area contributed by atoms with Gasteiger partial charge in [0.2, 0.25) is 10.5 Å². The van der Waals surface area contributed by atoms with Crippen LogP contribution in [0.15, 0.2) is 47.6 Å². The highest BCUT2D eigenvalue weighted by atomic mass is 32.1. The molecule has 0 aliphatic carbocycles. The van der Waals surface area contributed by atoms with Gasteiger partial charge in [0, 0.05) is 18.1 Å². The third kappa shape index (κ3) is 4.90. The van der Waals surface area contributed by atoms with Crippen LogP contribution >= 0.6 is 12.2 Å².